The first-order valence-electron chi connectivity index (χ1n) is 3.40. The fourth-order valence-electron chi connectivity index (χ4n) is 0.771. The molecule has 0 aliphatic carbocycles. The van der Waals surface area contributed by atoms with E-state index in [0.717, 1.165) is 6.07 Å². The van der Waals surface area contributed by atoms with Gasteiger partial charge in [0.05, 0.1) is 0 Å². The van der Waals surface area contributed by atoms with Crippen molar-refractivity contribution in [3.05, 3.63) is 23.2 Å². The summed E-state index contributed by atoms with van der Waals surface area (Å²) in [5.74, 6) is -0.303. The van der Waals surface area contributed by atoms with Crippen LogP contribution >= 0.6 is 11.6 Å². The van der Waals surface area contributed by atoms with E-state index in [1.165, 1.54) is 12.1 Å². The molecule has 0 heterocycles. The third-order valence-corrected chi connectivity index (χ3v) is 1.78. The second-order valence-electron chi connectivity index (χ2n) is 2.46. The smallest absolute Gasteiger partial charge is 0.406 e. The van der Waals surface area contributed by atoms with Crippen molar-refractivity contribution in [2.75, 3.05) is 0 Å². The molecule has 0 atom stereocenters. The molecule has 0 amide bonds. The molecule has 0 radical (unpaired) electrons. The molecule has 0 aliphatic rings. The Hall–Kier alpha value is -0.835. The molecule has 1 aromatic carbocycles. The van der Waals surface area contributed by atoms with Crippen LogP contribution in [-0.2, 0) is 0 Å². The van der Waals surface area contributed by atoms with Gasteiger partial charge in [-0.1, -0.05) is 23.1 Å². The number of hydrogen-bond donors (Lipinski definition) is 0. The average Bonchev–Trinajstić information content (AvgIpc) is 1.94. The van der Waals surface area contributed by atoms with Crippen molar-refractivity contribution >= 4 is 24.9 Å². The van der Waals surface area contributed by atoms with Crippen molar-refractivity contribution in [3.63, 3.8) is 0 Å². The zero-order chi connectivity index (χ0) is 10.1. The molecule has 1 nitrogen and oxygen atoms in total. The molecule has 0 spiro atoms. The highest BCUT2D eigenvalue weighted by Crippen LogP contribution is 2.23. The minimum absolute atomic E-state index is 0.252. The van der Waals surface area contributed by atoms with Crippen LogP contribution in [0.3, 0.4) is 0 Å². The maximum Gasteiger partial charge on any atom is 0.573 e. The van der Waals surface area contributed by atoms with Crippen LogP contribution in [0.5, 0.6) is 5.75 Å². The van der Waals surface area contributed by atoms with E-state index in [4.69, 9.17) is 11.6 Å². The SMILES string of the molecule is Bc1ccc(OC(F)(F)F)cc1Cl. The van der Waals surface area contributed by atoms with Gasteiger partial charge in [-0.05, 0) is 12.1 Å². The number of halogens is 4. The van der Waals surface area contributed by atoms with Gasteiger partial charge in [0.25, 0.3) is 0 Å². The van der Waals surface area contributed by atoms with Crippen molar-refractivity contribution in [2.24, 2.45) is 0 Å². The van der Waals surface area contributed by atoms with E-state index in [1.807, 2.05) is 0 Å². The van der Waals surface area contributed by atoms with Crippen LogP contribution in [0.4, 0.5) is 13.2 Å². The maximum atomic E-state index is 11.7. The van der Waals surface area contributed by atoms with Crippen LogP contribution in [0.25, 0.3) is 0 Å². The predicted octanol–water partition coefficient (Wildman–Crippen LogP) is 1.50. The summed E-state index contributed by atoms with van der Waals surface area (Å²) >= 11 is 5.60. The summed E-state index contributed by atoms with van der Waals surface area (Å²) in [5.41, 5.74) is 0.705. The second kappa shape index (κ2) is 3.50. The van der Waals surface area contributed by atoms with Crippen LogP contribution in [0.15, 0.2) is 18.2 Å². The normalized spacial score (nSPS) is 11.4. The topological polar surface area (TPSA) is 9.23 Å². The van der Waals surface area contributed by atoms with E-state index in [9.17, 15) is 13.2 Å². The summed E-state index contributed by atoms with van der Waals surface area (Å²) < 4.78 is 38.8. The number of rotatable bonds is 1. The van der Waals surface area contributed by atoms with E-state index in [1.54, 1.807) is 7.85 Å². The Morgan fingerprint density at radius 3 is 2.38 bits per heavy atom. The Morgan fingerprint density at radius 1 is 1.31 bits per heavy atom. The summed E-state index contributed by atoms with van der Waals surface area (Å²) in [7, 11) is 1.69. The van der Waals surface area contributed by atoms with Gasteiger partial charge in [-0.25, -0.2) is 0 Å². The monoisotopic (exact) mass is 208 g/mol. The summed E-state index contributed by atoms with van der Waals surface area (Å²) in [6.07, 6.45) is -4.67. The minimum Gasteiger partial charge on any atom is -0.406 e. The standard InChI is InChI=1S/C7H5BClF3O/c8-5-2-1-4(3-6(5)9)13-7(10,11)12/h1-3H,8H2. The highest BCUT2D eigenvalue weighted by atomic mass is 35.5. The molecule has 1 rings (SSSR count). The highest BCUT2D eigenvalue weighted by molar-refractivity contribution is 6.45. The molecule has 70 valence electrons. The molecule has 13 heavy (non-hydrogen) atoms. The molecule has 0 fully saturated rings. The van der Waals surface area contributed by atoms with Gasteiger partial charge in [-0.2, -0.15) is 0 Å². The first kappa shape index (κ1) is 10.2. The number of alkyl halides is 3. The first-order chi connectivity index (χ1) is 5.88. The summed E-state index contributed by atoms with van der Waals surface area (Å²) in [6, 6.07) is 3.81. The zero-order valence-electron chi connectivity index (χ0n) is 6.65. The summed E-state index contributed by atoms with van der Waals surface area (Å²) in [5, 5.41) is 0.252. The van der Waals surface area contributed by atoms with Crippen molar-refractivity contribution in [1.29, 1.82) is 0 Å². The Kier molecular flexibility index (Phi) is 2.76. The Bertz CT molecular complexity index is 313. The molecule has 0 bridgehead atoms. The van der Waals surface area contributed by atoms with Gasteiger partial charge in [-0.3, -0.25) is 0 Å². The van der Waals surface area contributed by atoms with Gasteiger partial charge >= 0.3 is 6.36 Å². The lowest BCUT2D eigenvalue weighted by atomic mass is 9.96. The Balaban J connectivity index is 2.86. The zero-order valence-corrected chi connectivity index (χ0v) is 7.41. The van der Waals surface area contributed by atoms with Gasteiger partial charge in [0, 0.05) is 5.02 Å². The van der Waals surface area contributed by atoms with Crippen molar-refractivity contribution in [1.82, 2.24) is 0 Å². The van der Waals surface area contributed by atoms with E-state index >= 15 is 0 Å². The molecule has 0 aliphatic heterocycles. The number of ether oxygens (including phenoxy) is 1. The third kappa shape index (κ3) is 3.18. The molecular formula is C7H5BClF3O. The molecule has 0 N–H and O–H groups in total. The van der Waals surface area contributed by atoms with Crippen LogP contribution in [0, 0.1) is 0 Å². The lowest BCUT2D eigenvalue weighted by molar-refractivity contribution is -0.274. The minimum atomic E-state index is -4.67. The Morgan fingerprint density at radius 2 is 1.92 bits per heavy atom. The van der Waals surface area contributed by atoms with E-state index in [0.29, 0.717) is 5.46 Å². The Labute approximate surface area is 78.9 Å². The van der Waals surface area contributed by atoms with Gasteiger partial charge < -0.3 is 4.74 Å². The quantitative estimate of drug-likeness (QED) is 0.636. The fourth-order valence-corrected chi connectivity index (χ4v) is 0.941. The van der Waals surface area contributed by atoms with Crippen molar-refractivity contribution in [2.45, 2.75) is 6.36 Å². The summed E-state index contributed by atoms with van der Waals surface area (Å²) in [6.45, 7) is 0. The largest absolute Gasteiger partial charge is 0.573 e. The second-order valence-corrected chi connectivity index (χ2v) is 2.87. The highest BCUT2D eigenvalue weighted by Gasteiger charge is 2.31. The van der Waals surface area contributed by atoms with Crippen LogP contribution < -0.4 is 10.2 Å². The molecular weight excluding hydrogens is 203 g/mol. The third-order valence-electron chi connectivity index (χ3n) is 1.38. The van der Waals surface area contributed by atoms with E-state index in [2.05, 4.69) is 4.74 Å². The van der Waals surface area contributed by atoms with E-state index < -0.39 is 6.36 Å². The molecule has 0 aromatic heterocycles. The van der Waals surface area contributed by atoms with Crippen molar-refractivity contribution in [3.8, 4) is 5.75 Å². The first-order valence-corrected chi connectivity index (χ1v) is 3.78. The van der Waals surface area contributed by atoms with E-state index in [-0.39, 0.29) is 10.8 Å². The molecule has 0 saturated carbocycles. The van der Waals surface area contributed by atoms with Crippen LogP contribution in [0.2, 0.25) is 5.02 Å². The van der Waals surface area contributed by atoms with Crippen LogP contribution in [0.1, 0.15) is 0 Å². The number of benzene rings is 1. The van der Waals surface area contributed by atoms with Crippen LogP contribution in [-0.4, -0.2) is 14.2 Å². The lowest BCUT2D eigenvalue weighted by Crippen LogP contribution is -2.17. The van der Waals surface area contributed by atoms with Gasteiger partial charge in [0.1, 0.15) is 13.6 Å². The average molecular weight is 208 g/mol. The maximum absolute atomic E-state index is 11.7. The van der Waals surface area contributed by atoms with Crippen molar-refractivity contribution < 1.29 is 17.9 Å². The van der Waals surface area contributed by atoms with Gasteiger partial charge in [0.2, 0.25) is 0 Å². The molecule has 0 unspecified atom stereocenters. The van der Waals surface area contributed by atoms with Gasteiger partial charge in [-0.15, -0.1) is 13.2 Å². The summed E-state index contributed by atoms with van der Waals surface area (Å²) in [4.78, 5) is 0. The molecule has 1 aromatic rings. The number of hydrogen-bond acceptors (Lipinski definition) is 1. The fraction of sp³-hybridized carbons (Fsp3) is 0.143. The lowest BCUT2D eigenvalue weighted by Gasteiger charge is -2.09. The molecule has 0 saturated heterocycles. The predicted molar refractivity (Wildman–Crippen MR) is 46.3 cm³/mol. The molecule has 6 heteroatoms. The van der Waals surface area contributed by atoms with Gasteiger partial charge in [0.15, 0.2) is 0 Å².